The van der Waals surface area contributed by atoms with Gasteiger partial charge in [-0.05, 0) is 49.4 Å². The largest absolute Gasteiger partial charge is 0.461 e. The summed E-state index contributed by atoms with van der Waals surface area (Å²) in [5, 5.41) is 0.953. The number of carbonyl (C=O) groups is 2. The van der Waals surface area contributed by atoms with Gasteiger partial charge in [0.15, 0.2) is 5.78 Å². The first-order valence-electron chi connectivity index (χ1n) is 8.86. The molecule has 0 fully saturated rings. The van der Waals surface area contributed by atoms with E-state index in [4.69, 9.17) is 27.9 Å². The summed E-state index contributed by atoms with van der Waals surface area (Å²) >= 11 is 12.2. The predicted octanol–water partition coefficient (Wildman–Crippen LogP) is 5.10. The second-order valence-electron chi connectivity index (χ2n) is 6.33. The molecule has 1 aliphatic carbocycles. The van der Waals surface area contributed by atoms with Crippen LogP contribution >= 0.6 is 23.2 Å². The van der Waals surface area contributed by atoms with Crippen LogP contribution in [0.4, 0.5) is 0 Å². The molecule has 0 spiro atoms. The summed E-state index contributed by atoms with van der Waals surface area (Å²) in [6, 6.07) is 5.42. The van der Waals surface area contributed by atoms with E-state index in [9.17, 15) is 9.59 Å². The van der Waals surface area contributed by atoms with E-state index in [-0.39, 0.29) is 11.8 Å². The second kappa shape index (κ2) is 7.85. The van der Waals surface area contributed by atoms with E-state index in [1.807, 2.05) is 17.6 Å². The minimum atomic E-state index is -0.383. The van der Waals surface area contributed by atoms with Gasteiger partial charge in [0.05, 0.1) is 16.7 Å². The van der Waals surface area contributed by atoms with Crippen molar-refractivity contribution in [2.24, 2.45) is 0 Å². The predicted molar refractivity (Wildman–Crippen MR) is 103 cm³/mol. The minimum Gasteiger partial charge on any atom is -0.461 e. The Morgan fingerprint density at radius 3 is 2.62 bits per heavy atom. The molecule has 0 unspecified atom stereocenters. The molecular weight excluding hydrogens is 373 g/mol. The maximum Gasteiger partial charge on any atom is 0.355 e. The van der Waals surface area contributed by atoms with Gasteiger partial charge in [0, 0.05) is 24.2 Å². The van der Waals surface area contributed by atoms with E-state index >= 15 is 0 Å². The molecule has 0 atom stereocenters. The highest BCUT2D eigenvalue weighted by atomic mass is 35.5. The molecule has 4 nitrogen and oxygen atoms in total. The number of aromatic nitrogens is 1. The number of ether oxygens (including phenoxy) is 1. The number of ketones is 1. The van der Waals surface area contributed by atoms with Crippen LogP contribution in [0.5, 0.6) is 0 Å². The first-order valence-corrected chi connectivity index (χ1v) is 9.61. The molecule has 0 amide bonds. The molecule has 3 rings (SSSR count). The van der Waals surface area contributed by atoms with Gasteiger partial charge in [-0.25, -0.2) is 4.79 Å². The van der Waals surface area contributed by atoms with E-state index in [2.05, 4.69) is 0 Å². The molecule has 1 aliphatic rings. The Kier molecular flexibility index (Phi) is 5.73. The first-order chi connectivity index (χ1) is 12.5. The molecule has 0 N–H and O–H groups in total. The summed E-state index contributed by atoms with van der Waals surface area (Å²) in [4.78, 5) is 25.2. The zero-order chi connectivity index (χ0) is 18.8. The molecule has 138 valence electrons. The van der Waals surface area contributed by atoms with E-state index in [1.54, 1.807) is 19.1 Å². The molecule has 0 bridgehead atoms. The lowest BCUT2D eigenvalue weighted by Crippen LogP contribution is -2.17. The lowest BCUT2D eigenvalue weighted by atomic mass is 9.92. The van der Waals surface area contributed by atoms with Crippen LogP contribution in [0.25, 0.3) is 0 Å². The Morgan fingerprint density at radius 2 is 1.96 bits per heavy atom. The Balaban J connectivity index is 2.16. The molecule has 26 heavy (non-hydrogen) atoms. The molecular formula is C20H21Cl2NO3. The fourth-order valence-corrected chi connectivity index (χ4v) is 3.95. The molecule has 1 heterocycles. The molecule has 0 radical (unpaired) electrons. The third kappa shape index (κ3) is 3.40. The average Bonchev–Trinajstić information content (AvgIpc) is 2.93. The Hall–Kier alpha value is -1.78. The van der Waals surface area contributed by atoms with Crippen LogP contribution in [0.2, 0.25) is 10.0 Å². The van der Waals surface area contributed by atoms with Crippen molar-refractivity contribution in [2.75, 3.05) is 6.61 Å². The smallest absolute Gasteiger partial charge is 0.355 e. The number of nitrogens with zero attached hydrogens (tertiary/aromatic N) is 1. The summed E-state index contributed by atoms with van der Waals surface area (Å²) in [7, 11) is 0. The Labute approximate surface area is 163 Å². The highest BCUT2D eigenvalue weighted by Gasteiger charge is 2.32. The standard InChI is InChI=1S/C20H21Cl2NO3/c1-3-13-18-16(6-5-7-17(18)24)23(19(13)20(25)26-4-2)11-12-8-9-14(21)15(22)10-12/h8-10H,3-7,11H2,1-2H3. The van der Waals surface area contributed by atoms with Gasteiger partial charge in [-0.1, -0.05) is 36.2 Å². The number of hydrogen-bond donors (Lipinski definition) is 0. The van der Waals surface area contributed by atoms with Gasteiger partial charge in [0.2, 0.25) is 0 Å². The molecule has 0 saturated heterocycles. The zero-order valence-corrected chi connectivity index (χ0v) is 16.4. The van der Waals surface area contributed by atoms with Gasteiger partial charge in [0.25, 0.3) is 0 Å². The van der Waals surface area contributed by atoms with Crippen molar-refractivity contribution in [3.63, 3.8) is 0 Å². The first kappa shape index (κ1) is 19.0. The summed E-state index contributed by atoms with van der Waals surface area (Å²) < 4.78 is 7.22. The number of hydrogen-bond acceptors (Lipinski definition) is 3. The number of esters is 1. The van der Waals surface area contributed by atoms with E-state index < -0.39 is 0 Å². The Morgan fingerprint density at radius 1 is 1.19 bits per heavy atom. The van der Waals surface area contributed by atoms with Crippen molar-refractivity contribution in [1.29, 1.82) is 0 Å². The van der Waals surface area contributed by atoms with Gasteiger partial charge in [0.1, 0.15) is 5.69 Å². The van der Waals surface area contributed by atoms with Crippen LogP contribution in [0.15, 0.2) is 18.2 Å². The molecule has 2 aromatic rings. The van der Waals surface area contributed by atoms with Gasteiger partial charge < -0.3 is 9.30 Å². The van der Waals surface area contributed by atoms with Gasteiger partial charge >= 0.3 is 5.97 Å². The molecule has 0 aliphatic heterocycles. The highest BCUT2D eigenvalue weighted by molar-refractivity contribution is 6.42. The number of Topliss-reactive ketones (excluding diaryl/α,β-unsaturated/α-hetero) is 1. The molecule has 1 aromatic heterocycles. The van der Waals surface area contributed by atoms with Crippen LogP contribution in [0.3, 0.4) is 0 Å². The van der Waals surface area contributed by atoms with Crippen molar-refractivity contribution in [3.05, 3.63) is 56.3 Å². The summed E-state index contributed by atoms with van der Waals surface area (Å²) in [6.45, 7) is 4.48. The van der Waals surface area contributed by atoms with E-state index in [1.165, 1.54) is 0 Å². The maximum atomic E-state index is 12.7. The molecule has 0 saturated carbocycles. The SMILES string of the molecule is CCOC(=O)c1c(CC)c2c(n1Cc1ccc(Cl)c(Cl)c1)CCCC2=O. The topological polar surface area (TPSA) is 48.3 Å². The van der Waals surface area contributed by atoms with E-state index in [0.717, 1.165) is 29.7 Å². The van der Waals surface area contributed by atoms with Crippen LogP contribution in [-0.2, 0) is 24.1 Å². The summed E-state index contributed by atoms with van der Waals surface area (Å²) in [6.07, 6.45) is 2.70. The van der Waals surface area contributed by atoms with E-state index in [0.29, 0.717) is 47.3 Å². The fraction of sp³-hybridized carbons (Fsp3) is 0.400. The summed E-state index contributed by atoms with van der Waals surface area (Å²) in [5.41, 5.74) is 3.83. The molecule has 1 aromatic carbocycles. The van der Waals surface area contributed by atoms with Crippen LogP contribution in [0.1, 0.15) is 64.4 Å². The monoisotopic (exact) mass is 393 g/mol. The van der Waals surface area contributed by atoms with Crippen molar-refractivity contribution in [1.82, 2.24) is 4.57 Å². The normalized spacial score (nSPS) is 13.6. The molecule has 6 heteroatoms. The van der Waals surface area contributed by atoms with Crippen molar-refractivity contribution in [2.45, 2.75) is 46.1 Å². The van der Waals surface area contributed by atoms with Gasteiger partial charge in [-0.3, -0.25) is 4.79 Å². The number of benzene rings is 1. The highest BCUT2D eigenvalue weighted by Crippen LogP contribution is 2.32. The van der Waals surface area contributed by atoms with Crippen molar-refractivity contribution in [3.8, 4) is 0 Å². The minimum absolute atomic E-state index is 0.113. The second-order valence-corrected chi connectivity index (χ2v) is 7.15. The quantitative estimate of drug-likeness (QED) is 0.663. The Bertz CT molecular complexity index is 870. The average molecular weight is 394 g/mol. The number of halogens is 2. The number of carbonyl (C=O) groups excluding carboxylic acids is 2. The van der Waals surface area contributed by atoms with Crippen LogP contribution < -0.4 is 0 Å². The van der Waals surface area contributed by atoms with Crippen molar-refractivity contribution < 1.29 is 14.3 Å². The maximum absolute atomic E-state index is 12.7. The fourth-order valence-electron chi connectivity index (χ4n) is 3.63. The lowest BCUT2D eigenvalue weighted by molar-refractivity contribution is 0.0512. The van der Waals surface area contributed by atoms with Crippen LogP contribution in [0, 0.1) is 0 Å². The zero-order valence-electron chi connectivity index (χ0n) is 14.9. The van der Waals surface area contributed by atoms with Crippen LogP contribution in [-0.4, -0.2) is 22.9 Å². The number of fused-ring (bicyclic) bond motifs is 1. The lowest BCUT2D eigenvalue weighted by Gasteiger charge is -2.16. The summed E-state index contributed by atoms with van der Waals surface area (Å²) in [5.74, 6) is -0.270. The van der Waals surface area contributed by atoms with Crippen molar-refractivity contribution >= 4 is 35.0 Å². The third-order valence-corrected chi connectivity index (χ3v) is 5.45. The number of rotatable bonds is 5. The van der Waals surface area contributed by atoms with Gasteiger partial charge in [-0.2, -0.15) is 0 Å². The third-order valence-electron chi connectivity index (χ3n) is 4.72. The van der Waals surface area contributed by atoms with Gasteiger partial charge in [-0.15, -0.1) is 0 Å².